The van der Waals surface area contributed by atoms with Gasteiger partial charge in [-0.25, -0.2) is 0 Å². The van der Waals surface area contributed by atoms with Crippen molar-refractivity contribution in [3.8, 4) is 0 Å². The van der Waals surface area contributed by atoms with Gasteiger partial charge in [0.25, 0.3) is 0 Å². The highest BCUT2D eigenvalue weighted by Gasteiger charge is 2.22. The molecule has 1 aliphatic rings. The number of nitrogens with one attached hydrogen (secondary N) is 1. The predicted octanol–water partition coefficient (Wildman–Crippen LogP) is 1.70. The van der Waals surface area contributed by atoms with Crippen LogP contribution >= 0.6 is 11.6 Å². The Kier molecular flexibility index (Phi) is 4.02. The zero-order chi connectivity index (χ0) is 12.3. The fourth-order valence-electron chi connectivity index (χ4n) is 2.09. The van der Waals surface area contributed by atoms with Gasteiger partial charge in [0, 0.05) is 30.7 Å². The molecule has 0 radical (unpaired) electrons. The molecule has 0 saturated carbocycles. The van der Waals surface area contributed by atoms with Gasteiger partial charge < -0.3 is 10.2 Å². The number of rotatable bonds is 2. The number of carbonyl (C=O) groups is 1. The lowest BCUT2D eigenvalue weighted by Crippen LogP contribution is -2.52. The normalized spacial score (nSPS) is 20.4. The summed E-state index contributed by atoms with van der Waals surface area (Å²) in [5, 5.41) is 3.98. The second-order valence-corrected chi connectivity index (χ2v) is 4.88. The molecule has 0 aromatic heterocycles. The van der Waals surface area contributed by atoms with Gasteiger partial charge in [0.1, 0.15) is 0 Å². The zero-order valence-corrected chi connectivity index (χ0v) is 10.7. The van der Waals surface area contributed by atoms with Crippen LogP contribution in [0.2, 0.25) is 5.02 Å². The quantitative estimate of drug-likeness (QED) is 0.869. The molecule has 1 aliphatic heterocycles. The van der Waals surface area contributed by atoms with Gasteiger partial charge in [-0.05, 0) is 24.6 Å². The molecule has 1 atom stereocenters. The number of amides is 1. The largest absolute Gasteiger partial charge is 0.337 e. The Balaban J connectivity index is 1.98. The van der Waals surface area contributed by atoms with Gasteiger partial charge in [0.15, 0.2) is 0 Å². The van der Waals surface area contributed by atoms with E-state index in [9.17, 15) is 4.79 Å². The maximum atomic E-state index is 12.1. The summed E-state index contributed by atoms with van der Waals surface area (Å²) in [7, 11) is 0. The second-order valence-electron chi connectivity index (χ2n) is 4.44. The van der Waals surface area contributed by atoms with Gasteiger partial charge in [0.05, 0.1) is 6.42 Å². The predicted molar refractivity (Wildman–Crippen MR) is 69.2 cm³/mol. The molecule has 4 heteroatoms. The van der Waals surface area contributed by atoms with Gasteiger partial charge in [0.2, 0.25) is 5.91 Å². The molecule has 1 saturated heterocycles. The number of hydrogen-bond acceptors (Lipinski definition) is 2. The summed E-state index contributed by atoms with van der Waals surface area (Å²) >= 11 is 5.82. The Morgan fingerprint density at radius 3 is 2.82 bits per heavy atom. The van der Waals surface area contributed by atoms with E-state index in [1.165, 1.54) is 0 Å². The lowest BCUT2D eigenvalue weighted by Gasteiger charge is -2.34. The van der Waals surface area contributed by atoms with Crippen LogP contribution in [0.5, 0.6) is 0 Å². The van der Waals surface area contributed by atoms with Crippen LogP contribution in [-0.4, -0.2) is 36.5 Å². The summed E-state index contributed by atoms with van der Waals surface area (Å²) < 4.78 is 0. The van der Waals surface area contributed by atoms with Crippen molar-refractivity contribution in [1.82, 2.24) is 10.2 Å². The molecule has 1 aromatic rings. The van der Waals surface area contributed by atoms with E-state index in [4.69, 9.17) is 11.6 Å². The van der Waals surface area contributed by atoms with E-state index in [-0.39, 0.29) is 11.9 Å². The van der Waals surface area contributed by atoms with Crippen molar-refractivity contribution in [1.29, 1.82) is 0 Å². The van der Waals surface area contributed by atoms with Crippen LogP contribution in [0, 0.1) is 0 Å². The van der Waals surface area contributed by atoms with Crippen molar-refractivity contribution in [2.24, 2.45) is 0 Å². The van der Waals surface area contributed by atoms with Crippen LogP contribution in [0.1, 0.15) is 12.5 Å². The van der Waals surface area contributed by atoms with Crippen molar-refractivity contribution in [2.75, 3.05) is 19.6 Å². The number of carbonyl (C=O) groups excluding carboxylic acids is 1. The van der Waals surface area contributed by atoms with E-state index >= 15 is 0 Å². The molecular weight excluding hydrogens is 236 g/mol. The lowest BCUT2D eigenvalue weighted by molar-refractivity contribution is -0.133. The average Bonchev–Trinajstić information content (AvgIpc) is 2.32. The van der Waals surface area contributed by atoms with E-state index in [0.717, 1.165) is 25.2 Å². The van der Waals surface area contributed by atoms with Crippen molar-refractivity contribution < 1.29 is 4.79 Å². The molecule has 17 heavy (non-hydrogen) atoms. The van der Waals surface area contributed by atoms with Crippen molar-refractivity contribution in [3.05, 3.63) is 34.9 Å². The Hall–Kier alpha value is -1.06. The molecule has 92 valence electrons. The first-order valence-corrected chi connectivity index (χ1v) is 6.29. The van der Waals surface area contributed by atoms with Gasteiger partial charge in [-0.1, -0.05) is 23.7 Å². The Morgan fingerprint density at radius 1 is 1.47 bits per heavy atom. The molecular formula is C13H17ClN2O. The summed E-state index contributed by atoms with van der Waals surface area (Å²) in [6.45, 7) is 4.64. The summed E-state index contributed by atoms with van der Waals surface area (Å²) in [5.41, 5.74) is 1.02. The van der Waals surface area contributed by atoms with Crippen LogP contribution in [-0.2, 0) is 11.2 Å². The molecule has 0 bridgehead atoms. The summed E-state index contributed by atoms with van der Waals surface area (Å²) in [6.07, 6.45) is 0.460. The fraction of sp³-hybridized carbons (Fsp3) is 0.462. The van der Waals surface area contributed by atoms with Crippen LogP contribution in [0.4, 0.5) is 0 Å². The molecule has 2 rings (SSSR count). The SMILES string of the molecule is C[C@@H]1CNCCN1C(=O)Cc1ccc(Cl)cc1. The van der Waals surface area contributed by atoms with E-state index in [1.807, 2.05) is 29.2 Å². The van der Waals surface area contributed by atoms with Crippen molar-refractivity contribution in [3.63, 3.8) is 0 Å². The summed E-state index contributed by atoms with van der Waals surface area (Å²) in [4.78, 5) is 14.1. The van der Waals surface area contributed by atoms with Crippen molar-refractivity contribution >= 4 is 17.5 Å². The highest BCUT2D eigenvalue weighted by Crippen LogP contribution is 2.12. The van der Waals surface area contributed by atoms with Gasteiger partial charge >= 0.3 is 0 Å². The molecule has 0 spiro atoms. The number of piperazine rings is 1. The minimum Gasteiger partial charge on any atom is -0.337 e. The molecule has 1 aromatic carbocycles. The second kappa shape index (κ2) is 5.52. The molecule has 1 heterocycles. The molecule has 0 aliphatic carbocycles. The smallest absolute Gasteiger partial charge is 0.227 e. The maximum Gasteiger partial charge on any atom is 0.227 e. The molecule has 1 N–H and O–H groups in total. The number of halogens is 1. The molecule has 1 amide bonds. The van der Waals surface area contributed by atoms with Gasteiger partial charge in [-0.2, -0.15) is 0 Å². The average molecular weight is 253 g/mol. The topological polar surface area (TPSA) is 32.3 Å². The first-order chi connectivity index (χ1) is 8.16. The molecule has 3 nitrogen and oxygen atoms in total. The third-order valence-electron chi connectivity index (χ3n) is 3.09. The van der Waals surface area contributed by atoms with Crippen LogP contribution < -0.4 is 5.32 Å². The number of nitrogens with zero attached hydrogens (tertiary/aromatic N) is 1. The Labute approximate surface area is 107 Å². The third-order valence-corrected chi connectivity index (χ3v) is 3.34. The standard InChI is InChI=1S/C13H17ClN2O/c1-10-9-15-6-7-16(10)13(17)8-11-2-4-12(14)5-3-11/h2-5,10,15H,6-9H2,1H3/t10-/m1/s1. The first-order valence-electron chi connectivity index (χ1n) is 5.91. The monoisotopic (exact) mass is 252 g/mol. The minimum absolute atomic E-state index is 0.196. The van der Waals surface area contributed by atoms with Crippen LogP contribution in [0.25, 0.3) is 0 Å². The summed E-state index contributed by atoms with van der Waals surface area (Å²) in [6, 6.07) is 7.75. The Bertz CT molecular complexity index is 391. The van der Waals surface area contributed by atoms with Crippen LogP contribution in [0.3, 0.4) is 0 Å². The van der Waals surface area contributed by atoms with Crippen LogP contribution in [0.15, 0.2) is 24.3 Å². The highest BCUT2D eigenvalue weighted by atomic mass is 35.5. The summed E-state index contributed by atoms with van der Waals surface area (Å²) in [5.74, 6) is 0.196. The first kappa shape index (κ1) is 12.4. The highest BCUT2D eigenvalue weighted by molar-refractivity contribution is 6.30. The number of benzene rings is 1. The Morgan fingerprint density at radius 2 is 2.18 bits per heavy atom. The lowest BCUT2D eigenvalue weighted by atomic mass is 10.1. The minimum atomic E-state index is 0.196. The fourth-order valence-corrected chi connectivity index (χ4v) is 2.22. The van der Waals surface area contributed by atoms with E-state index < -0.39 is 0 Å². The molecule has 0 unspecified atom stereocenters. The van der Waals surface area contributed by atoms with E-state index in [0.29, 0.717) is 11.4 Å². The maximum absolute atomic E-state index is 12.1. The van der Waals surface area contributed by atoms with E-state index in [2.05, 4.69) is 12.2 Å². The molecule has 1 fully saturated rings. The van der Waals surface area contributed by atoms with Gasteiger partial charge in [-0.15, -0.1) is 0 Å². The zero-order valence-electron chi connectivity index (χ0n) is 9.95. The van der Waals surface area contributed by atoms with Crippen molar-refractivity contribution in [2.45, 2.75) is 19.4 Å². The third kappa shape index (κ3) is 3.20. The van der Waals surface area contributed by atoms with Gasteiger partial charge in [-0.3, -0.25) is 4.79 Å². The van der Waals surface area contributed by atoms with E-state index in [1.54, 1.807) is 0 Å². The number of hydrogen-bond donors (Lipinski definition) is 1.